The summed E-state index contributed by atoms with van der Waals surface area (Å²) >= 11 is 0. The molecule has 1 aromatic heterocycles. The SMILES string of the molecule is CCn1[nH]cc(C(=O)c2ccc3c(c2C)C(OC)C(C)(C)CS3(=O)=O)c1=O. The third-order valence-corrected chi connectivity index (χ3v) is 7.38. The summed E-state index contributed by atoms with van der Waals surface area (Å²) in [5.74, 6) is -0.462. The molecule has 27 heavy (non-hydrogen) atoms. The Morgan fingerprint density at radius 1 is 1.33 bits per heavy atom. The highest BCUT2D eigenvalue weighted by Gasteiger charge is 2.45. The van der Waals surface area contributed by atoms with Crippen LogP contribution in [0.4, 0.5) is 0 Å². The van der Waals surface area contributed by atoms with Crippen molar-refractivity contribution in [3.63, 3.8) is 0 Å². The Morgan fingerprint density at radius 2 is 2.00 bits per heavy atom. The van der Waals surface area contributed by atoms with Gasteiger partial charge in [-0.25, -0.2) is 8.42 Å². The number of sulfone groups is 1. The van der Waals surface area contributed by atoms with Crippen LogP contribution in [-0.4, -0.2) is 36.8 Å². The first kappa shape index (κ1) is 19.6. The Morgan fingerprint density at radius 3 is 2.56 bits per heavy atom. The van der Waals surface area contributed by atoms with E-state index in [0.717, 1.165) is 0 Å². The summed E-state index contributed by atoms with van der Waals surface area (Å²) in [7, 11) is -1.96. The number of aryl methyl sites for hydroxylation is 1. The molecular weight excluding hydrogens is 368 g/mol. The molecule has 0 saturated heterocycles. The number of hydrogen-bond donors (Lipinski definition) is 1. The lowest BCUT2D eigenvalue weighted by Gasteiger charge is -2.39. The Bertz CT molecular complexity index is 1080. The first-order chi connectivity index (χ1) is 12.5. The van der Waals surface area contributed by atoms with Gasteiger partial charge in [-0.1, -0.05) is 13.8 Å². The molecular formula is C19H24N2O5S. The highest BCUT2D eigenvalue weighted by atomic mass is 32.2. The molecule has 3 rings (SSSR count). The maximum absolute atomic E-state index is 13.0. The lowest BCUT2D eigenvalue weighted by molar-refractivity contribution is 0.0115. The van der Waals surface area contributed by atoms with Crippen molar-refractivity contribution in [3.05, 3.63) is 50.9 Å². The molecule has 0 bridgehead atoms. The molecule has 8 heteroatoms. The summed E-state index contributed by atoms with van der Waals surface area (Å²) < 4.78 is 32.5. The van der Waals surface area contributed by atoms with Crippen molar-refractivity contribution in [1.29, 1.82) is 0 Å². The van der Waals surface area contributed by atoms with Crippen molar-refractivity contribution in [2.45, 2.75) is 45.2 Å². The van der Waals surface area contributed by atoms with Crippen LogP contribution in [0.2, 0.25) is 0 Å². The fourth-order valence-corrected chi connectivity index (χ4v) is 6.13. The molecule has 1 aliphatic rings. The fraction of sp³-hybridized carbons (Fsp3) is 0.474. The molecule has 1 aromatic carbocycles. The average Bonchev–Trinajstić information content (AvgIpc) is 2.94. The number of aromatic amines is 1. The zero-order valence-electron chi connectivity index (χ0n) is 16.1. The minimum Gasteiger partial charge on any atom is -0.376 e. The Kier molecular flexibility index (Phi) is 4.68. The minimum absolute atomic E-state index is 0.0305. The minimum atomic E-state index is -3.49. The predicted molar refractivity (Wildman–Crippen MR) is 101 cm³/mol. The second-order valence-corrected chi connectivity index (χ2v) is 9.54. The van der Waals surface area contributed by atoms with E-state index in [2.05, 4.69) is 5.10 Å². The molecule has 1 N–H and O–H groups in total. The van der Waals surface area contributed by atoms with E-state index < -0.39 is 32.7 Å². The fourth-order valence-electron chi connectivity index (χ4n) is 3.97. The van der Waals surface area contributed by atoms with Crippen LogP contribution in [0.5, 0.6) is 0 Å². The van der Waals surface area contributed by atoms with E-state index in [1.54, 1.807) is 13.8 Å². The first-order valence-electron chi connectivity index (χ1n) is 8.77. The van der Waals surface area contributed by atoms with Crippen LogP contribution in [0.1, 0.15) is 53.9 Å². The molecule has 146 valence electrons. The average molecular weight is 392 g/mol. The smallest absolute Gasteiger partial charge is 0.277 e. The highest BCUT2D eigenvalue weighted by Crippen LogP contribution is 2.47. The number of H-pyrrole nitrogens is 1. The van der Waals surface area contributed by atoms with Gasteiger partial charge in [-0.3, -0.25) is 14.3 Å². The van der Waals surface area contributed by atoms with Crippen LogP contribution >= 0.6 is 0 Å². The summed E-state index contributed by atoms with van der Waals surface area (Å²) in [6.07, 6.45) is 0.920. The molecule has 2 aromatic rings. The number of rotatable bonds is 4. The second kappa shape index (κ2) is 6.45. The van der Waals surface area contributed by atoms with Gasteiger partial charge in [0.2, 0.25) is 0 Å². The van der Waals surface area contributed by atoms with Crippen LogP contribution in [-0.2, 0) is 21.1 Å². The van der Waals surface area contributed by atoms with Crippen LogP contribution in [0.3, 0.4) is 0 Å². The standard InChI is InChI=1S/C19H24N2O5S/c1-6-21-18(23)13(9-20-21)16(22)12-7-8-14-15(11(12)2)17(26-5)19(3,4)10-27(14,24)25/h7-9,17,20H,6,10H2,1-5H3. The molecule has 0 spiro atoms. The lowest BCUT2D eigenvalue weighted by Crippen LogP contribution is -2.38. The van der Waals surface area contributed by atoms with Gasteiger partial charge in [-0.15, -0.1) is 0 Å². The van der Waals surface area contributed by atoms with Gasteiger partial charge in [0, 0.05) is 36.4 Å². The number of ether oxygens (including phenoxy) is 1. The Labute approximate surface area is 158 Å². The van der Waals surface area contributed by atoms with Crippen molar-refractivity contribution in [2.75, 3.05) is 12.9 Å². The number of benzene rings is 1. The molecule has 0 amide bonds. The first-order valence-corrected chi connectivity index (χ1v) is 10.4. The molecule has 1 aliphatic heterocycles. The largest absolute Gasteiger partial charge is 0.376 e. The van der Waals surface area contributed by atoms with Gasteiger partial charge in [0.15, 0.2) is 15.6 Å². The van der Waals surface area contributed by atoms with Crippen molar-refractivity contribution in [3.8, 4) is 0 Å². The Balaban J connectivity index is 2.23. The van der Waals surface area contributed by atoms with Gasteiger partial charge >= 0.3 is 0 Å². The van der Waals surface area contributed by atoms with Gasteiger partial charge < -0.3 is 9.84 Å². The lowest BCUT2D eigenvalue weighted by atomic mass is 9.80. The van der Waals surface area contributed by atoms with E-state index in [0.29, 0.717) is 23.2 Å². The zero-order chi connectivity index (χ0) is 20.1. The number of nitrogens with zero attached hydrogens (tertiary/aromatic N) is 1. The molecule has 0 fully saturated rings. The molecule has 1 atom stereocenters. The second-order valence-electron chi connectivity index (χ2n) is 7.58. The predicted octanol–water partition coefficient (Wildman–Crippen LogP) is 2.24. The van der Waals surface area contributed by atoms with Crippen molar-refractivity contribution in [1.82, 2.24) is 9.78 Å². The monoisotopic (exact) mass is 392 g/mol. The third kappa shape index (κ3) is 2.96. The van der Waals surface area contributed by atoms with Crippen LogP contribution in [0.15, 0.2) is 28.0 Å². The summed E-state index contributed by atoms with van der Waals surface area (Å²) in [5.41, 5.74) is 0.344. The van der Waals surface area contributed by atoms with Crippen molar-refractivity contribution < 1.29 is 17.9 Å². The number of nitrogens with one attached hydrogen (secondary N) is 1. The maximum Gasteiger partial charge on any atom is 0.277 e. The van der Waals surface area contributed by atoms with E-state index >= 15 is 0 Å². The van der Waals surface area contributed by atoms with Gasteiger partial charge in [0.1, 0.15) is 5.56 Å². The van der Waals surface area contributed by atoms with E-state index in [4.69, 9.17) is 4.74 Å². The Hall–Kier alpha value is -2.19. The summed E-state index contributed by atoms with van der Waals surface area (Å²) in [4.78, 5) is 25.5. The molecule has 7 nitrogen and oxygen atoms in total. The van der Waals surface area contributed by atoms with Crippen molar-refractivity contribution in [2.24, 2.45) is 5.41 Å². The number of ketones is 1. The maximum atomic E-state index is 13.0. The number of carbonyl (C=O) groups is 1. The number of carbonyl (C=O) groups excluding carboxylic acids is 1. The highest BCUT2D eigenvalue weighted by molar-refractivity contribution is 7.91. The van der Waals surface area contributed by atoms with E-state index in [1.807, 2.05) is 13.8 Å². The summed E-state index contributed by atoms with van der Waals surface area (Å²) in [5, 5.41) is 2.77. The number of methoxy groups -OCH3 is 1. The third-order valence-electron chi connectivity index (χ3n) is 5.23. The topological polar surface area (TPSA) is 98.2 Å². The van der Waals surface area contributed by atoms with Crippen LogP contribution in [0, 0.1) is 12.3 Å². The van der Waals surface area contributed by atoms with Crippen LogP contribution in [0.25, 0.3) is 0 Å². The molecule has 0 aliphatic carbocycles. The summed E-state index contributed by atoms with van der Waals surface area (Å²) in [6.45, 7) is 7.60. The normalized spacial score (nSPS) is 20.3. The number of fused-ring (bicyclic) bond motifs is 1. The summed E-state index contributed by atoms with van der Waals surface area (Å²) in [6, 6.07) is 2.94. The quantitative estimate of drug-likeness (QED) is 0.805. The molecule has 0 radical (unpaired) electrons. The molecule has 2 heterocycles. The van der Waals surface area contributed by atoms with E-state index in [9.17, 15) is 18.0 Å². The van der Waals surface area contributed by atoms with Gasteiger partial charge in [0.25, 0.3) is 5.56 Å². The van der Waals surface area contributed by atoms with Gasteiger partial charge in [-0.05, 0) is 31.5 Å². The number of aromatic nitrogens is 2. The molecule has 1 unspecified atom stereocenters. The number of hydrogen-bond acceptors (Lipinski definition) is 5. The van der Waals surface area contributed by atoms with Crippen LogP contribution < -0.4 is 5.56 Å². The van der Waals surface area contributed by atoms with Gasteiger partial charge in [-0.2, -0.15) is 0 Å². The van der Waals surface area contributed by atoms with E-state index in [1.165, 1.54) is 30.1 Å². The van der Waals surface area contributed by atoms with Crippen molar-refractivity contribution >= 4 is 15.6 Å². The molecule has 0 saturated carbocycles. The zero-order valence-corrected chi connectivity index (χ0v) is 16.9. The van der Waals surface area contributed by atoms with E-state index in [-0.39, 0.29) is 16.2 Å². The van der Waals surface area contributed by atoms with Gasteiger partial charge in [0.05, 0.1) is 16.8 Å².